The Morgan fingerprint density at radius 3 is 1.41 bits per heavy atom. The molecule has 0 aromatic rings. The molecule has 1 spiro atoms. The summed E-state index contributed by atoms with van der Waals surface area (Å²) < 4.78 is 34.0. The Bertz CT molecular complexity index is 551. The van der Waals surface area contributed by atoms with Crippen LogP contribution in [-0.4, -0.2) is 64.2 Å². The van der Waals surface area contributed by atoms with Crippen molar-refractivity contribution in [2.24, 2.45) is 16.2 Å². The number of carbonyl (C=O) groups is 2. The molecule has 164 valence electrons. The van der Waals surface area contributed by atoms with Gasteiger partial charge in [0.2, 0.25) is 0 Å². The lowest BCUT2D eigenvalue weighted by atomic mass is 9.86. The van der Waals surface area contributed by atoms with Crippen LogP contribution in [0.4, 0.5) is 0 Å². The Balaban J connectivity index is 1.84. The standard InChI is InChI=1S/C21H32O8/c1-7-15(22)24-9-19(3,4)17-26-11-21(12-27-17)13-28-18(29-14-21)20(5,6)10-25-16(23)8-2/h7-8,17-18H,1-2,9-14H2,3-6H3. The minimum Gasteiger partial charge on any atom is -0.462 e. The Labute approximate surface area is 172 Å². The van der Waals surface area contributed by atoms with E-state index in [0.717, 1.165) is 12.2 Å². The summed E-state index contributed by atoms with van der Waals surface area (Å²) in [7, 11) is 0. The molecule has 8 heteroatoms. The van der Waals surface area contributed by atoms with E-state index < -0.39 is 40.8 Å². The van der Waals surface area contributed by atoms with E-state index in [1.165, 1.54) is 0 Å². The summed E-state index contributed by atoms with van der Waals surface area (Å²) in [6, 6.07) is 0. The monoisotopic (exact) mass is 412 g/mol. The van der Waals surface area contributed by atoms with E-state index in [-0.39, 0.29) is 13.2 Å². The molecule has 8 nitrogen and oxygen atoms in total. The second-order valence-electron chi connectivity index (χ2n) is 9.01. The van der Waals surface area contributed by atoms with Gasteiger partial charge in [-0.3, -0.25) is 0 Å². The molecular weight excluding hydrogens is 380 g/mol. The van der Waals surface area contributed by atoms with Gasteiger partial charge in [-0.15, -0.1) is 0 Å². The molecule has 0 unspecified atom stereocenters. The van der Waals surface area contributed by atoms with Crippen molar-refractivity contribution in [2.45, 2.75) is 40.3 Å². The molecule has 0 aromatic heterocycles. The van der Waals surface area contributed by atoms with Crippen molar-refractivity contribution in [3.8, 4) is 0 Å². The smallest absolute Gasteiger partial charge is 0.330 e. The fourth-order valence-corrected chi connectivity index (χ4v) is 3.03. The lowest BCUT2D eigenvalue weighted by Crippen LogP contribution is -2.57. The van der Waals surface area contributed by atoms with Crippen LogP contribution in [0.25, 0.3) is 0 Å². The molecule has 0 radical (unpaired) electrons. The van der Waals surface area contributed by atoms with Crippen molar-refractivity contribution in [3.63, 3.8) is 0 Å². The van der Waals surface area contributed by atoms with Crippen LogP contribution in [0, 0.1) is 16.2 Å². The van der Waals surface area contributed by atoms with Gasteiger partial charge >= 0.3 is 11.9 Å². The third-order valence-electron chi connectivity index (χ3n) is 4.95. The van der Waals surface area contributed by atoms with E-state index in [9.17, 15) is 9.59 Å². The molecule has 29 heavy (non-hydrogen) atoms. The van der Waals surface area contributed by atoms with E-state index in [4.69, 9.17) is 28.4 Å². The first-order valence-corrected chi connectivity index (χ1v) is 9.58. The summed E-state index contributed by atoms with van der Waals surface area (Å²) in [4.78, 5) is 22.6. The maximum absolute atomic E-state index is 11.3. The van der Waals surface area contributed by atoms with Crippen LogP contribution < -0.4 is 0 Å². The Morgan fingerprint density at radius 1 is 0.828 bits per heavy atom. The highest BCUT2D eigenvalue weighted by atomic mass is 16.7. The third-order valence-corrected chi connectivity index (χ3v) is 4.95. The predicted octanol–water partition coefficient (Wildman–Crippen LogP) is 2.23. The topological polar surface area (TPSA) is 89.5 Å². The van der Waals surface area contributed by atoms with Gasteiger partial charge in [0, 0.05) is 23.0 Å². The van der Waals surface area contributed by atoms with Gasteiger partial charge in [-0.05, 0) is 0 Å². The van der Waals surface area contributed by atoms with Gasteiger partial charge in [0.1, 0.15) is 13.2 Å². The first kappa shape index (κ1) is 23.5. The Hall–Kier alpha value is -1.74. The normalized spacial score (nSPS) is 27.9. The molecule has 0 saturated carbocycles. The van der Waals surface area contributed by atoms with Gasteiger partial charge in [-0.1, -0.05) is 40.9 Å². The van der Waals surface area contributed by atoms with Gasteiger partial charge in [-0.2, -0.15) is 0 Å². The number of hydrogen-bond acceptors (Lipinski definition) is 8. The van der Waals surface area contributed by atoms with Crippen molar-refractivity contribution in [2.75, 3.05) is 39.6 Å². The molecule has 0 bridgehead atoms. The Morgan fingerprint density at radius 2 is 1.14 bits per heavy atom. The number of hydrogen-bond donors (Lipinski definition) is 0. The van der Waals surface area contributed by atoms with Crippen molar-refractivity contribution < 1.29 is 38.0 Å². The number of ether oxygens (including phenoxy) is 6. The second-order valence-corrected chi connectivity index (χ2v) is 9.01. The summed E-state index contributed by atoms with van der Waals surface area (Å²) in [5.74, 6) is -0.960. The minimum absolute atomic E-state index is 0.155. The van der Waals surface area contributed by atoms with E-state index >= 15 is 0 Å². The number of carbonyl (C=O) groups excluding carboxylic acids is 2. The highest BCUT2D eigenvalue weighted by molar-refractivity contribution is 5.81. The first-order chi connectivity index (χ1) is 13.5. The summed E-state index contributed by atoms with van der Waals surface area (Å²) in [6.07, 6.45) is 1.22. The molecule has 2 heterocycles. The fourth-order valence-electron chi connectivity index (χ4n) is 3.03. The maximum atomic E-state index is 11.3. The molecule has 0 atom stereocenters. The lowest BCUT2D eigenvalue weighted by Gasteiger charge is -2.48. The van der Waals surface area contributed by atoms with Crippen molar-refractivity contribution in [1.29, 1.82) is 0 Å². The van der Waals surface area contributed by atoms with Gasteiger partial charge < -0.3 is 28.4 Å². The van der Waals surface area contributed by atoms with Crippen LogP contribution in [0.5, 0.6) is 0 Å². The largest absolute Gasteiger partial charge is 0.462 e. The maximum Gasteiger partial charge on any atom is 0.330 e. The zero-order valence-corrected chi connectivity index (χ0v) is 17.7. The molecule has 0 N–H and O–H groups in total. The van der Waals surface area contributed by atoms with Gasteiger partial charge in [0.15, 0.2) is 12.6 Å². The molecule has 2 rings (SSSR count). The SMILES string of the molecule is C=CC(=O)OCC(C)(C)C1OCC2(CO1)COC(C(C)(C)COC(=O)C=C)OC2. The van der Waals surface area contributed by atoms with Crippen molar-refractivity contribution in [3.05, 3.63) is 25.3 Å². The average molecular weight is 412 g/mol. The lowest BCUT2D eigenvalue weighted by molar-refractivity contribution is -0.337. The first-order valence-electron chi connectivity index (χ1n) is 9.58. The van der Waals surface area contributed by atoms with Crippen LogP contribution >= 0.6 is 0 Å². The van der Waals surface area contributed by atoms with E-state index in [1.54, 1.807) is 0 Å². The van der Waals surface area contributed by atoms with Crippen molar-refractivity contribution >= 4 is 11.9 Å². The molecule has 0 aliphatic carbocycles. The van der Waals surface area contributed by atoms with E-state index in [1.807, 2.05) is 27.7 Å². The zero-order chi connectivity index (χ0) is 21.7. The molecular formula is C21H32O8. The molecule has 0 aromatic carbocycles. The van der Waals surface area contributed by atoms with Gasteiger partial charge in [0.25, 0.3) is 0 Å². The molecule has 2 aliphatic heterocycles. The van der Waals surface area contributed by atoms with Gasteiger partial charge in [-0.25, -0.2) is 9.59 Å². The van der Waals surface area contributed by atoms with Gasteiger partial charge in [0.05, 0.1) is 31.8 Å². The number of esters is 2. The molecule has 2 fully saturated rings. The molecule has 2 aliphatic rings. The highest BCUT2D eigenvalue weighted by Gasteiger charge is 2.48. The fraction of sp³-hybridized carbons (Fsp3) is 0.714. The van der Waals surface area contributed by atoms with Crippen LogP contribution in [0.2, 0.25) is 0 Å². The van der Waals surface area contributed by atoms with Crippen LogP contribution in [0.3, 0.4) is 0 Å². The molecule has 2 saturated heterocycles. The third kappa shape index (κ3) is 6.12. The van der Waals surface area contributed by atoms with Crippen molar-refractivity contribution in [1.82, 2.24) is 0 Å². The highest BCUT2D eigenvalue weighted by Crippen LogP contribution is 2.38. The van der Waals surface area contributed by atoms with Crippen LogP contribution in [0.1, 0.15) is 27.7 Å². The van der Waals surface area contributed by atoms with Crippen LogP contribution in [0.15, 0.2) is 25.3 Å². The average Bonchev–Trinajstić information content (AvgIpc) is 2.71. The number of rotatable bonds is 8. The summed E-state index contributed by atoms with van der Waals surface area (Å²) in [6.45, 7) is 16.3. The summed E-state index contributed by atoms with van der Waals surface area (Å²) >= 11 is 0. The second kappa shape index (κ2) is 9.38. The predicted molar refractivity (Wildman–Crippen MR) is 104 cm³/mol. The minimum atomic E-state index is -0.518. The summed E-state index contributed by atoms with van der Waals surface area (Å²) in [5, 5.41) is 0. The summed E-state index contributed by atoms with van der Waals surface area (Å²) in [5.41, 5.74) is -1.44. The quantitative estimate of drug-likeness (QED) is 0.443. The molecule has 0 amide bonds. The Kier molecular flexibility index (Phi) is 7.62. The van der Waals surface area contributed by atoms with E-state index in [2.05, 4.69) is 13.2 Å². The zero-order valence-electron chi connectivity index (χ0n) is 17.7. The van der Waals surface area contributed by atoms with E-state index in [0.29, 0.717) is 26.4 Å². The van der Waals surface area contributed by atoms with Crippen LogP contribution in [-0.2, 0) is 38.0 Å².